The first-order valence-corrected chi connectivity index (χ1v) is 15.4. The molecule has 0 spiro atoms. The molecule has 1 saturated carbocycles. The SMILES string of the molecule is N#CC1C2CCC1CN(c1nc(OC[C@@]34CCCN3C[C@H](F)C4)nc3cc(-c4cc(O)cc5ccc(F)c(F)c45)ccc13)C2. The number of nitrogens with zero attached hydrogens (tertiary/aromatic N) is 5. The van der Waals surface area contributed by atoms with Gasteiger partial charge < -0.3 is 14.7 Å². The molecule has 7 nitrogen and oxygen atoms in total. The zero-order valence-electron chi connectivity index (χ0n) is 24.1. The predicted molar refractivity (Wildman–Crippen MR) is 160 cm³/mol. The van der Waals surface area contributed by atoms with E-state index in [1.54, 1.807) is 12.1 Å². The summed E-state index contributed by atoms with van der Waals surface area (Å²) in [5.74, 6) is -0.750. The molecule has 1 N–H and O–H groups in total. The highest BCUT2D eigenvalue weighted by atomic mass is 19.2. The number of hydrogen-bond donors (Lipinski definition) is 1. The van der Waals surface area contributed by atoms with Crippen molar-refractivity contribution >= 4 is 27.5 Å². The summed E-state index contributed by atoms with van der Waals surface area (Å²) in [6, 6.07) is 13.5. The lowest BCUT2D eigenvalue weighted by molar-refractivity contribution is 0.107. The zero-order valence-corrected chi connectivity index (χ0v) is 24.1. The second-order valence-electron chi connectivity index (χ2n) is 13.0. The molecule has 2 unspecified atom stereocenters. The van der Waals surface area contributed by atoms with Crippen LogP contribution in [0.3, 0.4) is 0 Å². The largest absolute Gasteiger partial charge is 0.508 e. The summed E-state index contributed by atoms with van der Waals surface area (Å²) >= 11 is 0. The fraction of sp³-hybridized carbons (Fsp3) is 0.441. The van der Waals surface area contributed by atoms with Crippen LogP contribution in [-0.4, -0.2) is 64.5 Å². The van der Waals surface area contributed by atoms with Gasteiger partial charge in [0.1, 0.15) is 24.3 Å². The van der Waals surface area contributed by atoms with Crippen LogP contribution in [0.1, 0.15) is 32.1 Å². The Hall–Kier alpha value is -4.10. The molecule has 4 atom stereocenters. The van der Waals surface area contributed by atoms with Crippen molar-refractivity contribution in [1.82, 2.24) is 14.9 Å². The number of hydrogen-bond acceptors (Lipinski definition) is 7. The van der Waals surface area contributed by atoms with Gasteiger partial charge in [-0.1, -0.05) is 12.1 Å². The molecule has 44 heavy (non-hydrogen) atoms. The Morgan fingerprint density at radius 1 is 1.05 bits per heavy atom. The van der Waals surface area contributed by atoms with Crippen molar-refractivity contribution in [3.05, 3.63) is 54.1 Å². The van der Waals surface area contributed by atoms with Crippen LogP contribution in [0.2, 0.25) is 0 Å². The summed E-state index contributed by atoms with van der Waals surface area (Å²) in [5, 5.41) is 21.4. The second kappa shape index (κ2) is 10.2. The number of rotatable bonds is 5. The fourth-order valence-electron chi connectivity index (χ4n) is 8.43. The number of aromatic hydroxyl groups is 1. The van der Waals surface area contributed by atoms with E-state index in [0.717, 1.165) is 43.7 Å². The number of phenolic OH excluding ortho intramolecular Hbond substituents is 1. The van der Waals surface area contributed by atoms with E-state index in [2.05, 4.69) is 15.9 Å². The molecule has 1 aromatic heterocycles. The van der Waals surface area contributed by atoms with Crippen LogP contribution in [0.4, 0.5) is 19.0 Å². The Morgan fingerprint density at radius 3 is 2.66 bits per heavy atom. The van der Waals surface area contributed by atoms with Gasteiger partial charge in [-0.2, -0.15) is 15.2 Å². The number of alkyl halides is 1. The normalized spacial score (nSPS) is 28.1. The summed E-state index contributed by atoms with van der Waals surface area (Å²) in [7, 11) is 0. The quantitative estimate of drug-likeness (QED) is 0.285. The Morgan fingerprint density at radius 2 is 1.86 bits per heavy atom. The number of aromatic nitrogens is 2. The van der Waals surface area contributed by atoms with Crippen LogP contribution in [0, 0.1) is 40.7 Å². The third-order valence-corrected chi connectivity index (χ3v) is 10.5. The highest BCUT2D eigenvalue weighted by Gasteiger charge is 2.49. The lowest BCUT2D eigenvalue weighted by Crippen LogP contribution is -2.44. The van der Waals surface area contributed by atoms with Gasteiger partial charge in [-0.15, -0.1) is 0 Å². The summed E-state index contributed by atoms with van der Waals surface area (Å²) in [6.45, 7) is 2.95. The molecule has 8 rings (SSSR count). The van der Waals surface area contributed by atoms with Crippen LogP contribution in [0.25, 0.3) is 32.8 Å². The number of halogens is 3. The maximum Gasteiger partial charge on any atom is 0.319 e. The van der Waals surface area contributed by atoms with Crippen molar-refractivity contribution in [3.63, 3.8) is 0 Å². The van der Waals surface area contributed by atoms with Gasteiger partial charge in [0.15, 0.2) is 11.6 Å². The van der Waals surface area contributed by atoms with E-state index in [1.165, 1.54) is 18.2 Å². The first-order chi connectivity index (χ1) is 21.3. The summed E-state index contributed by atoms with van der Waals surface area (Å²) in [5.41, 5.74) is 1.08. The van der Waals surface area contributed by atoms with Crippen molar-refractivity contribution in [2.75, 3.05) is 37.7 Å². The molecule has 0 amide bonds. The van der Waals surface area contributed by atoms with E-state index in [0.29, 0.717) is 53.9 Å². The minimum atomic E-state index is -0.982. The molecule has 226 valence electrons. The van der Waals surface area contributed by atoms with Crippen LogP contribution in [-0.2, 0) is 0 Å². The number of piperidine rings is 1. The topological polar surface area (TPSA) is 85.5 Å². The van der Waals surface area contributed by atoms with Gasteiger partial charge in [-0.3, -0.25) is 4.90 Å². The monoisotopic (exact) mass is 599 g/mol. The lowest BCUT2D eigenvalue weighted by atomic mass is 9.86. The van der Waals surface area contributed by atoms with E-state index >= 15 is 4.39 Å². The highest BCUT2D eigenvalue weighted by Crippen LogP contribution is 2.45. The minimum absolute atomic E-state index is 0.0412. The molecule has 4 fully saturated rings. The van der Waals surface area contributed by atoms with Crippen molar-refractivity contribution in [2.24, 2.45) is 17.8 Å². The number of nitriles is 1. The summed E-state index contributed by atoms with van der Waals surface area (Å²) in [6.07, 6.45) is 3.41. The Kier molecular flexibility index (Phi) is 6.38. The molecule has 4 aliphatic rings. The van der Waals surface area contributed by atoms with Crippen molar-refractivity contribution in [3.8, 4) is 29.0 Å². The maximum absolute atomic E-state index is 15.1. The molecule has 3 aromatic carbocycles. The predicted octanol–water partition coefficient (Wildman–Crippen LogP) is 6.37. The first-order valence-electron chi connectivity index (χ1n) is 15.4. The van der Waals surface area contributed by atoms with Crippen LogP contribution in [0.15, 0.2) is 42.5 Å². The molecule has 3 aliphatic heterocycles. The smallest absolute Gasteiger partial charge is 0.319 e. The number of anilines is 1. The molecule has 0 radical (unpaired) electrons. The average Bonchev–Trinajstić information content (AvgIpc) is 3.62. The zero-order chi connectivity index (χ0) is 30.2. The molecule has 2 bridgehead atoms. The van der Waals surface area contributed by atoms with Crippen molar-refractivity contribution < 1.29 is 23.0 Å². The number of ether oxygens (including phenoxy) is 1. The third kappa shape index (κ3) is 4.35. The van der Waals surface area contributed by atoms with Gasteiger partial charge >= 0.3 is 6.01 Å². The third-order valence-electron chi connectivity index (χ3n) is 10.5. The van der Waals surface area contributed by atoms with Crippen molar-refractivity contribution in [1.29, 1.82) is 5.26 Å². The van der Waals surface area contributed by atoms with Gasteiger partial charge in [-0.05, 0) is 90.9 Å². The minimum Gasteiger partial charge on any atom is -0.508 e. The van der Waals surface area contributed by atoms with E-state index < -0.39 is 17.8 Å². The molecule has 4 heterocycles. The van der Waals surface area contributed by atoms with E-state index in [4.69, 9.17) is 14.7 Å². The second-order valence-corrected chi connectivity index (χ2v) is 13.0. The van der Waals surface area contributed by atoms with Gasteiger partial charge in [0.05, 0.1) is 23.0 Å². The van der Waals surface area contributed by atoms with Crippen molar-refractivity contribution in [2.45, 2.75) is 43.8 Å². The molecular weight excluding hydrogens is 567 g/mol. The maximum atomic E-state index is 15.1. The number of phenols is 1. The Labute approximate surface area is 252 Å². The average molecular weight is 600 g/mol. The summed E-state index contributed by atoms with van der Waals surface area (Å²) < 4.78 is 50.2. The van der Waals surface area contributed by atoms with E-state index in [1.807, 2.05) is 6.07 Å². The number of benzene rings is 3. The van der Waals surface area contributed by atoms with Crippen LogP contribution < -0.4 is 9.64 Å². The van der Waals surface area contributed by atoms with Gasteiger partial charge in [0.25, 0.3) is 0 Å². The Balaban J connectivity index is 1.23. The molecule has 10 heteroatoms. The number of fused-ring (bicyclic) bond motifs is 5. The first kappa shape index (κ1) is 27.4. The van der Waals surface area contributed by atoms with Gasteiger partial charge in [-0.25, -0.2) is 13.2 Å². The van der Waals surface area contributed by atoms with Gasteiger partial charge in [0, 0.05) is 36.8 Å². The van der Waals surface area contributed by atoms with Crippen LogP contribution >= 0.6 is 0 Å². The van der Waals surface area contributed by atoms with Gasteiger partial charge in [0.2, 0.25) is 0 Å². The standard InChI is InChI=1S/C34H32F3N5O2/c35-23-13-34(8-1-9-42(34)17-23)18-44-33-39-29-11-19(26-12-24(43)10-20-5-7-28(36)31(37)30(20)26)4-6-25(29)32(40-33)41-15-21-2-3-22(16-41)27(21)14-38/h4-7,10-12,21-23,27,43H,1-3,8-9,13,15-18H2/t21?,22?,23-,27?,34+/m1/s1. The summed E-state index contributed by atoms with van der Waals surface area (Å²) in [4.78, 5) is 14.1. The molecule has 1 aliphatic carbocycles. The Bertz CT molecular complexity index is 1830. The molecule has 3 saturated heterocycles. The molecule has 4 aromatic rings. The highest BCUT2D eigenvalue weighted by molar-refractivity contribution is 6.01. The van der Waals surface area contributed by atoms with E-state index in [-0.39, 0.29) is 47.0 Å². The van der Waals surface area contributed by atoms with Crippen LogP contribution in [0.5, 0.6) is 11.8 Å². The molecular formula is C34H32F3N5O2. The van der Waals surface area contributed by atoms with E-state index in [9.17, 15) is 19.1 Å². The lowest BCUT2D eigenvalue weighted by Gasteiger charge is -2.36. The fourth-order valence-corrected chi connectivity index (χ4v) is 8.43.